The van der Waals surface area contributed by atoms with E-state index in [0.717, 1.165) is 5.56 Å². The van der Waals surface area contributed by atoms with E-state index in [1.54, 1.807) is 13.8 Å². The molecule has 1 aromatic rings. The molecule has 0 bridgehead atoms. The molecule has 0 aliphatic heterocycles. The average molecular weight is 360 g/mol. The van der Waals surface area contributed by atoms with Crippen molar-refractivity contribution in [2.24, 2.45) is 0 Å². The minimum Gasteiger partial charge on any atom is -0.464 e. The number of nitrogens with one attached hydrogen (secondary N) is 1. The number of rotatable bonds is 9. The number of aliphatic hydroxyl groups is 1. The Hall–Kier alpha value is -1.83. The lowest BCUT2D eigenvalue weighted by atomic mass is 10.2. The Kier molecular flexibility index (Phi) is 9.14. The first-order valence-electron chi connectivity index (χ1n) is 7.57. The predicted molar refractivity (Wildman–Crippen MR) is 87.5 cm³/mol. The van der Waals surface area contributed by atoms with Crippen molar-refractivity contribution in [1.29, 1.82) is 0 Å². The molecule has 0 radical (unpaired) electrons. The number of alkyl halides is 1. The molecule has 0 spiro atoms. The zero-order chi connectivity index (χ0) is 17.9. The molecule has 0 fully saturated rings. The van der Waals surface area contributed by atoms with E-state index in [0.29, 0.717) is 0 Å². The van der Waals surface area contributed by atoms with Crippen molar-refractivity contribution >= 4 is 23.7 Å². The van der Waals surface area contributed by atoms with E-state index in [9.17, 15) is 14.7 Å². The van der Waals surface area contributed by atoms with Crippen molar-refractivity contribution < 1.29 is 28.9 Å². The topological polar surface area (TPSA) is 94.1 Å². The van der Waals surface area contributed by atoms with Crippen LogP contribution in [0.1, 0.15) is 19.4 Å². The zero-order valence-corrected chi connectivity index (χ0v) is 14.4. The molecule has 0 aromatic heterocycles. The van der Waals surface area contributed by atoms with Gasteiger partial charge in [-0.2, -0.15) is 0 Å². The summed E-state index contributed by atoms with van der Waals surface area (Å²) in [6.45, 7) is 3.67. The van der Waals surface area contributed by atoms with Gasteiger partial charge in [0.15, 0.2) is 12.3 Å². The Morgan fingerprint density at radius 1 is 1.17 bits per heavy atom. The molecule has 3 atom stereocenters. The first kappa shape index (κ1) is 20.2. The molecule has 1 rings (SSSR count). The first-order valence-corrected chi connectivity index (χ1v) is 8.00. The van der Waals surface area contributed by atoms with Crippen LogP contribution >= 0.6 is 11.6 Å². The van der Waals surface area contributed by atoms with Gasteiger partial charge >= 0.3 is 12.1 Å². The van der Waals surface area contributed by atoms with Crippen LogP contribution in [-0.2, 0) is 25.6 Å². The quantitative estimate of drug-likeness (QED) is 0.397. The van der Waals surface area contributed by atoms with Gasteiger partial charge in [0.25, 0.3) is 0 Å². The van der Waals surface area contributed by atoms with Crippen LogP contribution in [0.2, 0.25) is 0 Å². The lowest BCUT2D eigenvalue weighted by molar-refractivity contribution is -0.155. The Morgan fingerprint density at radius 3 is 2.42 bits per heavy atom. The van der Waals surface area contributed by atoms with Crippen molar-refractivity contribution in [2.45, 2.75) is 38.2 Å². The fraction of sp³-hybridized carbons (Fsp3) is 0.500. The summed E-state index contributed by atoms with van der Waals surface area (Å²) in [6.07, 6.45) is -3.53. The molecule has 0 aliphatic rings. The second-order valence-corrected chi connectivity index (χ2v) is 5.23. The number of carbonyl (C=O) groups is 2. The van der Waals surface area contributed by atoms with Gasteiger partial charge in [-0.3, -0.25) is 5.32 Å². The number of carbonyl (C=O) groups excluding carboxylic acids is 2. The maximum Gasteiger partial charge on any atom is 0.409 e. The first-order chi connectivity index (χ1) is 11.5. The third-order valence-electron chi connectivity index (χ3n) is 2.94. The summed E-state index contributed by atoms with van der Waals surface area (Å²) in [6, 6.07) is 9.11. The molecule has 134 valence electrons. The molecule has 8 heteroatoms. The van der Waals surface area contributed by atoms with Crippen molar-refractivity contribution in [3.63, 3.8) is 0 Å². The zero-order valence-electron chi connectivity index (χ0n) is 13.6. The summed E-state index contributed by atoms with van der Waals surface area (Å²) >= 11 is 6.02. The fourth-order valence-electron chi connectivity index (χ4n) is 1.80. The molecule has 0 heterocycles. The molecule has 7 nitrogen and oxygen atoms in total. The summed E-state index contributed by atoms with van der Waals surface area (Å²) in [5.41, 5.74) is 0.814. The lowest BCUT2D eigenvalue weighted by Crippen LogP contribution is -2.50. The van der Waals surface area contributed by atoms with Gasteiger partial charge in [-0.1, -0.05) is 30.3 Å². The van der Waals surface area contributed by atoms with Crippen LogP contribution in [0.5, 0.6) is 0 Å². The van der Waals surface area contributed by atoms with Gasteiger partial charge in [0.05, 0.1) is 6.61 Å². The Balaban J connectivity index is 2.57. The molecule has 1 unspecified atom stereocenters. The summed E-state index contributed by atoms with van der Waals surface area (Å²) in [7, 11) is 0. The molecule has 0 saturated carbocycles. The van der Waals surface area contributed by atoms with Crippen molar-refractivity contribution in [3.05, 3.63) is 35.9 Å². The number of benzene rings is 1. The number of halogens is 1. The number of alkyl carbamates (subject to hydrolysis) is 1. The second-order valence-electron chi connectivity index (χ2n) is 4.72. The third kappa shape index (κ3) is 6.74. The van der Waals surface area contributed by atoms with E-state index < -0.39 is 29.8 Å². The van der Waals surface area contributed by atoms with E-state index in [4.69, 9.17) is 25.8 Å². The minimum atomic E-state index is -1.64. The number of aliphatic hydroxyl groups excluding tert-OH is 1. The predicted octanol–water partition coefficient (Wildman–Crippen LogP) is 1.81. The van der Waals surface area contributed by atoms with E-state index >= 15 is 0 Å². The van der Waals surface area contributed by atoms with Crippen LogP contribution in [0, 0.1) is 0 Å². The van der Waals surface area contributed by atoms with E-state index in [1.165, 1.54) is 0 Å². The van der Waals surface area contributed by atoms with Gasteiger partial charge in [0.2, 0.25) is 0 Å². The largest absolute Gasteiger partial charge is 0.464 e. The summed E-state index contributed by atoms with van der Waals surface area (Å²) in [5.74, 6) is -0.887. The number of ether oxygens (including phenoxy) is 3. The third-order valence-corrected chi connectivity index (χ3v) is 3.41. The molecule has 2 N–H and O–H groups in total. The fourth-order valence-corrected chi connectivity index (χ4v) is 2.04. The maximum absolute atomic E-state index is 11.9. The molecule has 1 amide bonds. The summed E-state index contributed by atoms with van der Waals surface area (Å²) < 4.78 is 15.0. The van der Waals surface area contributed by atoms with Crippen LogP contribution in [0.3, 0.4) is 0 Å². The van der Waals surface area contributed by atoms with Crippen molar-refractivity contribution in [2.75, 3.05) is 13.2 Å². The monoisotopic (exact) mass is 359 g/mol. The van der Waals surface area contributed by atoms with Crippen LogP contribution in [0.25, 0.3) is 0 Å². The lowest BCUT2D eigenvalue weighted by Gasteiger charge is -2.25. The minimum absolute atomic E-state index is 0.0684. The van der Waals surface area contributed by atoms with Gasteiger partial charge in [-0.25, -0.2) is 9.59 Å². The van der Waals surface area contributed by atoms with Gasteiger partial charge in [-0.05, 0) is 19.4 Å². The van der Waals surface area contributed by atoms with E-state index in [2.05, 4.69) is 5.32 Å². The Labute approximate surface area is 145 Å². The summed E-state index contributed by atoms with van der Waals surface area (Å²) in [4.78, 5) is 23.4. The smallest absolute Gasteiger partial charge is 0.409 e. The van der Waals surface area contributed by atoms with Gasteiger partial charge in [-0.15, -0.1) is 11.6 Å². The highest BCUT2D eigenvalue weighted by molar-refractivity contribution is 6.22. The van der Waals surface area contributed by atoms with Crippen LogP contribution in [0.15, 0.2) is 30.3 Å². The van der Waals surface area contributed by atoms with E-state index in [1.807, 2.05) is 30.3 Å². The van der Waals surface area contributed by atoms with Gasteiger partial charge < -0.3 is 19.3 Å². The average Bonchev–Trinajstić information content (AvgIpc) is 2.59. The Bertz CT molecular complexity index is 513. The number of amides is 1. The van der Waals surface area contributed by atoms with Crippen molar-refractivity contribution in [3.8, 4) is 0 Å². The number of hydrogen-bond donors (Lipinski definition) is 2. The molecular formula is C16H22ClNO6. The van der Waals surface area contributed by atoms with Crippen molar-refractivity contribution in [1.82, 2.24) is 5.32 Å². The van der Waals surface area contributed by atoms with Crippen LogP contribution in [-0.4, -0.2) is 48.1 Å². The van der Waals surface area contributed by atoms with Gasteiger partial charge in [0, 0.05) is 6.61 Å². The number of hydrogen-bond acceptors (Lipinski definition) is 6. The van der Waals surface area contributed by atoms with E-state index in [-0.39, 0.29) is 19.8 Å². The molecule has 0 saturated heterocycles. The summed E-state index contributed by atoms with van der Waals surface area (Å²) in [5, 5.41) is 11.0. The van der Waals surface area contributed by atoms with Crippen LogP contribution in [0.4, 0.5) is 4.79 Å². The van der Waals surface area contributed by atoms with Gasteiger partial charge in [0.1, 0.15) is 12.0 Å². The highest BCUT2D eigenvalue weighted by Crippen LogP contribution is 2.12. The molecular weight excluding hydrogens is 338 g/mol. The number of esters is 1. The Morgan fingerprint density at radius 2 is 1.83 bits per heavy atom. The standard InChI is InChI=1S/C16H22ClNO6/c1-3-22-14(12(17)13(19)15(20)23-4-2)18-16(21)24-10-11-8-6-5-7-9-11/h5-9,12-14,19H,3-4,10H2,1-2H3,(H,18,21)/t12-,13-,14?/m0/s1. The van der Waals surface area contributed by atoms with Crippen LogP contribution < -0.4 is 5.32 Å². The molecule has 0 aliphatic carbocycles. The molecule has 24 heavy (non-hydrogen) atoms. The highest BCUT2D eigenvalue weighted by Gasteiger charge is 2.34. The second kappa shape index (κ2) is 10.9. The normalized spacial score (nSPS) is 14.3. The maximum atomic E-state index is 11.9. The highest BCUT2D eigenvalue weighted by atomic mass is 35.5. The SMILES string of the molecule is CCOC(=O)[C@@H](O)[C@H](Cl)C(NC(=O)OCc1ccccc1)OCC. The molecule has 1 aromatic carbocycles.